The Morgan fingerprint density at radius 2 is 2.04 bits per heavy atom. The number of hydrogen-bond acceptors (Lipinski definition) is 5. The number of nitrogens with one attached hydrogen (secondary N) is 1. The molecule has 2 fully saturated rings. The summed E-state index contributed by atoms with van der Waals surface area (Å²) in [5, 5.41) is 23.2. The van der Waals surface area contributed by atoms with Crippen LogP contribution in [-0.4, -0.2) is 41.0 Å². The molecule has 2 N–H and O–H groups in total. The second-order valence-electron chi connectivity index (χ2n) is 6.10. The van der Waals surface area contributed by atoms with Crippen LogP contribution in [0, 0.1) is 16.0 Å². The van der Waals surface area contributed by atoms with E-state index in [1.807, 2.05) is 4.90 Å². The van der Waals surface area contributed by atoms with Gasteiger partial charge in [0.05, 0.1) is 10.6 Å². The number of carboxylic acids is 1. The molecule has 1 aromatic rings. The lowest BCUT2D eigenvalue weighted by Gasteiger charge is -2.21. The van der Waals surface area contributed by atoms with E-state index in [0.717, 1.165) is 19.3 Å². The van der Waals surface area contributed by atoms with Gasteiger partial charge in [-0.3, -0.25) is 14.9 Å². The van der Waals surface area contributed by atoms with Crippen molar-refractivity contribution in [2.75, 3.05) is 18.0 Å². The zero-order chi connectivity index (χ0) is 17.4. The molecule has 1 atom stereocenters. The van der Waals surface area contributed by atoms with E-state index in [0.29, 0.717) is 23.2 Å². The van der Waals surface area contributed by atoms with Crippen LogP contribution < -0.4 is 10.2 Å². The molecule has 1 heterocycles. The Morgan fingerprint density at radius 1 is 1.33 bits per heavy atom. The molecule has 0 spiro atoms. The maximum atomic E-state index is 11.8. The van der Waals surface area contributed by atoms with Gasteiger partial charge >= 0.3 is 5.97 Å². The van der Waals surface area contributed by atoms with Crippen molar-refractivity contribution < 1.29 is 19.6 Å². The second kappa shape index (κ2) is 6.39. The van der Waals surface area contributed by atoms with Gasteiger partial charge in [0.1, 0.15) is 5.56 Å². The number of amides is 1. The molecular formula is C15H16BrN3O5. The van der Waals surface area contributed by atoms with Gasteiger partial charge in [-0.2, -0.15) is 0 Å². The molecule has 1 aliphatic heterocycles. The number of carbonyl (C=O) groups excluding carboxylic acids is 1. The smallest absolute Gasteiger partial charge is 0.342 e. The second-order valence-corrected chi connectivity index (χ2v) is 6.95. The molecule has 24 heavy (non-hydrogen) atoms. The SMILES string of the molecule is O=C(O)c1cc(N2CCC(NC(=O)C3CC3)C2)c(Br)cc1[N+](=O)[O-]. The Hall–Kier alpha value is -2.16. The van der Waals surface area contributed by atoms with E-state index in [9.17, 15) is 24.8 Å². The predicted molar refractivity (Wildman–Crippen MR) is 89.2 cm³/mol. The number of carbonyl (C=O) groups is 2. The quantitative estimate of drug-likeness (QED) is 0.581. The van der Waals surface area contributed by atoms with Crippen LogP contribution in [0.5, 0.6) is 0 Å². The van der Waals surface area contributed by atoms with Gasteiger partial charge < -0.3 is 15.3 Å². The van der Waals surface area contributed by atoms with Crippen LogP contribution in [0.15, 0.2) is 16.6 Å². The van der Waals surface area contributed by atoms with Crippen LogP contribution >= 0.6 is 15.9 Å². The van der Waals surface area contributed by atoms with Crippen molar-refractivity contribution in [1.82, 2.24) is 5.32 Å². The summed E-state index contributed by atoms with van der Waals surface area (Å²) in [6.45, 7) is 1.19. The summed E-state index contributed by atoms with van der Waals surface area (Å²) in [6.07, 6.45) is 2.64. The first-order valence-electron chi connectivity index (χ1n) is 7.63. The van der Waals surface area contributed by atoms with Gasteiger partial charge in [0.2, 0.25) is 5.91 Å². The van der Waals surface area contributed by atoms with E-state index in [4.69, 9.17) is 0 Å². The van der Waals surface area contributed by atoms with Crippen molar-refractivity contribution >= 4 is 39.2 Å². The summed E-state index contributed by atoms with van der Waals surface area (Å²) in [6, 6.07) is 2.54. The normalized spacial score (nSPS) is 20.0. The van der Waals surface area contributed by atoms with Crippen molar-refractivity contribution in [2.24, 2.45) is 5.92 Å². The Labute approximate surface area is 146 Å². The average molecular weight is 398 g/mol. The van der Waals surface area contributed by atoms with Crippen LogP contribution in [0.2, 0.25) is 0 Å². The third kappa shape index (κ3) is 3.35. The molecule has 1 aromatic carbocycles. The Balaban J connectivity index is 1.79. The first-order valence-corrected chi connectivity index (χ1v) is 8.42. The van der Waals surface area contributed by atoms with Gasteiger partial charge in [0, 0.05) is 35.6 Å². The van der Waals surface area contributed by atoms with E-state index in [1.165, 1.54) is 12.1 Å². The highest BCUT2D eigenvalue weighted by atomic mass is 79.9. The topological polar surface area (TPSA) is 113 Å². The number of hydrogen-bond donors (Lipinski definition) is 2. The highest BCUT2D eigenvalue weighted by Crippen LogP contribution is 2.35. The minimum Gasteiger partial charge on any atom is -0.477 e. The first kappa shape index (κ1) is 16.7. The summed E-state index contributed by atoms with van der Waals surface area (Å²) in [4.78, 5) is 35.4. The number of halogens is 1. The number of nitro groups is 1. The van der Waals surface area contributed by atoms with Gasteiger partial charge in [0.15, 0.2) is 0 Å². The largest absolute Gasteiger partial charge is 0.477 e. The predicted octanol–water partition coefficient (Wildman–Crippen LogP) is 2.16. The number of benzene rings is 1. The molecule has 1 amide bonds. The number of nitrogens with zero attached hydrogens (tertiary/aromatic N) is 2. The highest BCUT2D eigenvalue weighted by molar-refractivity contribution is 9.10. The third-order valence-electron chi connectivity index (χ3n) is 4.32. The summed E-state index contributed by atoms with van der Waals surface area (Å²) in [5.74, 6) is -1.12. The standard InChI is InChI=1S/C15H16BrN3O5/c16-11-6-12(19(23)24)10(15(21)22)5-13(11)18-4-3-9(7-18)17-14(20)8-1-2-8/h5-6,8-9H,1-4,7H2,(H,17,20)(H,21,22). The van der Waals surface area contributed by atoms with Gasteiger partial charge in [-0.15, -0.1) is 0 Å². The number of carboxylic acid groups (broad SMARTS) is 1. The first-order chi connectivity index (χ1) is 11.4. The van der Waals surface area contributed by atoms with Crippen molar-refractivity contribution in [2.45, 2.75) is 25.3 Å². The molecule has 2 aliphatic rings. The zero-order valence-electron chi connectivity index (χ0n) is 12.7. The maximum Gasteiger partial charge on any atom is 0.342 e. The highest BCUT2D eigenvalue weighted by Gasteiger charge is 2.33. The fourth-order valence-electron chi connectivity index (χ4n) is 2.88. The van der Waals surface area contributed by atoms with Crippen LogP contribution in [0.3, 0.4) is 0 Å². The van der Waals surface area contributed by atoms with Crippen LogP contribution in [-0.2, 0) is 4.79 Å². The molecule has 1 saturated heterocycles. The molecule has 1 saturated carbocycles. The summed E-state index contributed by atoms with van der Waals surface area (Å²) >= 11 is 3.29. The van der Waals surface area contributed by atoms with E-state index in [2.05, 4.69) is 21.2 Å². The van der Waals surface area contributed by atoms with Gasteiger partial charge in [0.25, 0.3) is 5.69 Å². The molecule has 9 heteroatoms. The maximum absolute atomic E-state index is 11.8. The van der Waals surface area contributed by atoms with E-state index < -0.39 is 16.6 Å². The van der Waals surface area contributed by atoms with Crippen LogP contribution in [0.1, 0.15) is 29.6 Å². The Bertz CT molecular complexity index is 719. The molecule has 8 nitrogen and oxygen atoms in total. The van der Waals surface area contributed by atoms with Crippen molar-refractivity contribution in [3.8, 4) is 0 Å². The van der Waals surface area contributed by atoms with Gasteiger partial charge in [-0.05, 0) is 41.3 Å². The minimum atomic E-state index is -1.34. The molecule has 1 aliphatic carbocycles. The molecule has 0 radical (unpaired) electrons. The van der Waals surface area contributed by atoms with Crippen molar-refractivity contribution in [3.63, 3.8) is 0 Å². The van der Waals surface area contributed by atoms with Gasteiger partial charge in [-0.1, -0.05) is 0 Å². The van der Waals surface area contributed by atoms with E-state index >= 15 is 0 Å². The van der Waals surface area contributed by atoms with E-state index in [1.54, 1.807) is 0 Å². The average Bonchev–Trinajstić information content (AvgIpc) is 3.27. The number of rotatable bonds is 5. The fourth-order valence-corrected chi connectivity index (χ4v) is 3.46. The summed E-state index contributed by atoms with van der Waals surface area (Å²) in [5.41, 5.74) is -0.208. The lowest BCUT2D eigenvalue weighted by atomic mass is 10.1. The van der Waals surface area contributed by atoms with Gasteiger partial charge in [-0.25, -0.2) is 4.79 Å². The number of aromatic carboxylic acids is 1. The molecule has 128 valence electrons. The Morgan fingerprint density at radius 3 is 2.62 bits per heavy atom. The monoisotopic (exact) mass is 397 g/mol. The van der Waals surface area contributed by atoms with E-state index in [-0.39, 0.29) is 23.4 Å². The fraction of sp³-hybridized carbons (Fsp3) is 0.467. The number of anilines is 1. The van der Waals surface area contributed by atoms with Crippen molar-refractivity contribution in [3.05, 3.63) is 32.3 Å². The van der Waals surface area contributed by atoms with Crippen LogP contribution in [0.4, 0.5) is 11.4 Å². The molecule has 0 aromatic heterocycles. The van der Waals surface area contributed by atoms with Crippen LogP contribution in [0.25, 0.3) is 0 Å². The lowest BCUT2D eigenvalue weighted by molar-refractivity contribution is -0.385. The zero-order valence-corrected chi connectivity index (χ0v) is 14.3. The lowest BCUT2D eigenvalue weighted by Crippen LogP contribution is -2.38. The third-order valence-corrected chi connectivity index (χ3v) is 4.95. The molecule has 0 bridgehead atoms. The number of nitro benzene ring substituents is 1. The van der Waals surface area contributed by atoms with Crippen molar-refractivity contribution in [1.29, 1.82) is 0 Å². The summed E-state index contributed by atoms with van der Waals surface area (Å²) < 4.78 is 0.466. The Kier molecular flexibility index (Phi) is 4.44. The summed E-state index contributed by atoms with van der Waals surface area (Å²) in [7, 11) is 0. The minimum absolute atomic E-state index is 0.00784. The molecule has 3 rings (SSSR count). The molecular weight excluding hydrogens is 382 g/mol. The molecule has 1 unspecified atom stereocenters.